The fourth-order valence-electron chi connectivity index (χ4n) is 3.50. The van der Waals surface area contributed by atoms with E-state index in [1.807, 2.05) is 6.20 Å². The molecule has 4 rings (SSSR count). The van der Waals surface area contributed by atoms with Crippen molar-refractivity contribution in [3.05, 3.63) is 77.5 Å². The quantitative estimate of drug-likeness (QED) is 0.740. The molecule has 126 valence electrons. The molecule has 0 spiro atoms. The van der Waals surface area contributed by atoms with Gasteiger partial charge in [-0.2, -0.15) is 0 Å². The molecule has 1 heterocycles. The SMILES string of the molecule is CC(C)CNc1ncc2c(n1)-c1ccccc1C(c1ccccc1)C2. The van der Waals surface area contributed by atoms with Crippen molar-refractivity contribution in [1.29, 1.82) is 0 Å². The van der Waals surface area contributed by atoms with Gasteiger partial charge in [0.1, 0.15) is 0 Å². The van der Waals surface area contributed by atoms with Gasteiger partial charge in [0.15, 0.2) is 0 Å². The van der Waals surface area contributed by atoms with E-state index in [0.29, 0.717) is 11.8 Å². The predicted molar refractivity (Wildman–Crippen MR) is 103 cm³/mol. The largest absolute Gasteiger partial charge is 0.354 e. The van der Waals surface area contributed by atoms with E-state index in [1.54, 1.807) is 0 Å². The summed E-state index contributed by atoms with van der Waals surface area (Å²) in [6, 6.07) is 19.4. The van der Waals surface area contributed by atoms with Crippen molar-refractivity contribution in [3.63, 3.8) is 0 Å². The first-order valence-electron chi connectivity index (χ1n) is 8.96. The van der Waals surface area contributed by atoms with Crippen LogP contribution in [0.2, 0.25) is 0 Å². The molecule has 1 aliphatic carbocycles. The molecule has 3 heteroatoms. The van der Waals surface area contributed by atoms with E-state index in [4.69, 9.17) is 4.98 Å². The zero-order valence-corrected chi connectivity index (χ0v) is 14.7. The average Bonchev–Trinajstić information content (AvgIpc) is 2.66. The zero-order valence-electron chi connectivity index (χ0n) is 14.7. The summed E-state index contributed by atoms with van der Waals surface area (Å²) < 4.78 is 0. The molecule has 1 N–H and O–H groups in total. The highest BCUT2D eigenvalue weighted by molar-refractivity contribution is 5.72. The smallest absolute Gasteiger partial charge is 0.223 e. The predicted octanol–water partition coefficient (Wildman–Crippen LogP) is 4.90. The Labute approximate surface area is 149 Å². The van der Waals surface area contributed by atoms with Crippen LogP contribution in [-0.4, -0.2) is 16.5 Å². The van der Waals surface area contributed by atoms with Crippen molar-refractivity contribution in [1.82, 2.24) is 9.97 Å². The van der Waals surface area contributed by atoms with Crippen LogP contribution in [-0.2, 0) is 6.42 Å². The fourth-order valence-corrected chi connectivity index (χ4v) is 3.50. The Kier molecular flexibility index (Phi) is 4.22. The minimum Gasteiger partial charge on any atom is -0.354 e. The summed E-state index contributed by atoms with van der Waals surface area (Å²) in [6.07, 6.45) is 2.94. The van der Waals surface area contributed by atoms with Gasteiger partial charge >= 0.3 is 0 Å². The van der Waals surface area contributed by atoms with Gasteiger partial charge in [0.05, 0.1) is 5.69 Å². The standard InChI is InChI=1S/C22H23N3/c1-15(2)13-23-22-24-14-17-12-20(16-8-4-3-5-9-16)18-10-6-7-11-19(18)21(17)25-22/h3-11,14-15,20H,12-13H2,1-2H3,(H,23,24,25). The lowest BCUT2D eigenvalue weighted by Gasteiger charge is -2.27. The maximum Gasteiger partial charge on any atom is 0.223 e. The van der Waals surface area contributed by atoms with Gasteiger partial charge in [-0.05, 0) is 29.0 Å². The molecule has 2 aromatic carbocycles. The third-order valence-electron chi connectivity index (χ3n) is 4.75. The second-order valence-electron chi connectivity index (χ2n) is 7.10. The number of aromatic nitrogens is 2. The Bertz CT molecular complexity index is 871. The molecule has 0 saturated carbocycles. The van der Waals surface area contributed by atoms with E-state index in [2.05, 4.69) is 78.7 Å². The molecule has 0 aliphatic heterocycles. The van der Waals surface area contributed by atoms with Gasteiger partial charge < -0.3 is 5.32 Å². The van der Waals surface area contributed by atoms with Crippen molar-refractivity contribution < 1.29 is 0 Å². The fraction of sp³-hybridized carbons (Fsp3) is 0.273. The van der Waals surface area contributed by atoms with E-state index in [-0.39, 0.29) is 0 Å². The maximum atomic E-state index is 4.83. The van der Waals surface area contributed by atoms with Gasteiger partial charge in [-0.3, -0.25) is 0 Å². The molecule has 1 aliphatic rings. The van der Waals surface area contributed by atoms with E-state index >= 15 is 0 Å². The number of benzene rings is 2. The molecule has 25 heavy (non-hydrogen) atoms. The van der Waals surface area contributed by atoms with Crippen LogP contribution in [0.25, 0.3) is 11.3 Å². The van der Waals surface area contributed by atoms with E-state index in [9.17, 15) is 0 Å². The topological polar surface area (TPSA) is 37.8 Å². The van der Waals surface area contributed by atoms with E-state index < -0.39 is 0 Å². The normalized spacial score (nSPS) is 15.6. The second-order valence-corrected chi connectivity index (χ2v) is 7.10. The molecule has 3 aromatic rings. The molecule has 0 saturated heterocycles. The second kappa shape index (κ2) is 6.67. The summed E-state index contributed by atoms with van der Waals surface area (Å²) >= 11 is 0. The monoisotopic (exact) mass is 329 g/mol. The van der Waals surface area contributed by atoms with Crippen LogP contribution >= 0.6 is 0 Å². The lowest BCUT2D eigenvalue weighted by Crippen LogP contribution is -2.16. The first kappa shape index (κ1) is 15.8. The molecule has 1 atom stereocenters. The Morgan fingerprint density at radius 1 is 1.04 bits per heavy atom. The lowest BCUT2D eigenvalue weighted by atomic mass is 9.78. The first-order chi connectivity index (χ1) is 12.2. The van der Waals surface area contributed by atoms with E-state index in [0.717, 1.165) is 24.6 Å². The maximum absolute atomic E-state index is 4.83. The van der Waals surface area contributed by atoms with Crippen molar-refractivity contribution in [3.8, 4) is 11.3 Å². The van der Waals surface area contributed by atoms with Gasteiger partial charge in [-0.1, -0.05) is 68.4 Å². The summed E-state index contributed by atoms with van der Waals surface area (Å²) in [4.78, 5) is 9.38. The Balaban J connectivity index is 1.76. The average molecular weight is 329 g/mol. The van der Waals surface area contributed by atoms with Crippen LogP contribution in [0.15, 0.2) is 60.8 Å². The van der Waals surface area contributed by atoms with Crippen LogP contribution in [0.1, 0.15) is 36.5 Å². The highest BCUT2D eigenvalue weighted by atomic mass is 15.1. The van der Waals surface area contributed by atoms with Gasteiger partial charge in [-0.25, -0.2) is 9.97 Å². The molecule has 0 amide bonds. The molecule has 1 aromatic heterocycles. The lowest BCUT2D eigenvalue weighted by molar-refractivity contribution is 0.684. The number of nitrogens with zero attached hydrogens (tertiary/aromatic N) is 2. The highest BCUT2D eigenvalue weighted by Gasteiger charge is 2.27. The highest BCUT2D eigenvalue weighted by Crippen LogP contribution is 2.41. The van der Waals surface area contributed by atoms with Crippen molar-refractivity contribution in [2.75, 3.05) is 11.9 Å². The number of anilines is 1. The summed E-state index contributed by atoms with van der Waals surface area (Å²) in [5, 5.41) is 3.35. The Morgan fingerprint density at radius 2 is 1.80 bits per heavy atom. The number of nitrogens with one attached hydrogen (secondary N) is 1. The molecular formula is C22H23N3. The van der Waals surface area contributed by atoms with Crippen LogP contribution in [0.5, 0.6) is 0 Å². The molecule has 0 radical (unpaired) electrons. The summed E-state index contributed by atoms with van der Waals surface area (Å²) in [7, 11) is 0. The molecule has 0 bridgehead atoms. The molecule has 0 fully saturated rings. The third kappa shape index (κ3) is 3.14. The van der Waals surface area contributed by atoms with Crippen LogP contribution < -0.4 is 5.32 Å². The van der Waals surface area contributed by atoms with Gasteiger partial charge in [0.25, 0.3) is 0 Å². The van der Waals surface area contributed by atoms with Gasteiger partial charge in [0, 0.05) is 24.2 Å². The van der Waals surface area contributed by atoms with Crippen LogP contribution in [0.4, 0.5) is 5.95 Å². The summed E-state index contributed by atoms with van der Waals surface area (Å²) in [5.41, 5.74) is 6.23. The number of hydrogen-bond acceptors (Lipinski definition) is 3. The molecule has 3 nitrogen and oxygen atoms in total. The third-order valence-corrected chi connectivity index (χ3v) is 4.75. The van der Waals surface area contributed by atoms with Gasteiger partial charge in [-0.15, -0.1) is 0 Å². The van der Waals surface area contributed by atoms with Crippen LogP contribution in [0, 0.1) is 5.92 Å². The van der Waals surface area contributed by atoms with E-state index in [1.165, 1.54) is 22.3 Å². The minimum absolute atomic E-state index is 0.364. The van der Waals surface area contributed by atoms with Crippen LogP contribution in [0.3, 0.4) is 0 Å². The summed E-state index contributed by atoms with van der Waals surface area (Å²) in [6.45, 7) is 5.25. The molecular weight excluding hydrogens is 306 g/mol. The van der Waals surface area contributed by atoms with Crippen molar-refractivity contribution in [2.24, 2.45) is 5.92 Å². The molecule has 1 unspecified atom stereocenters. The first-order valence-corrected chi connectivity index (χ1v) is 8.96. The Hall–Kier alpha value is -2.68. The number of rotatable bonds is 4. The number of hydrogen-bond donors (Lipinski definition) is 1. The van der Waals surface area contributed by atoms with Crippen molar-refractivity contribution in [2.45, 2.75) is 26.2 Å². The number of fused-ring (bicyclic) bond motifs is 3. The zero-order chi connectivity index (χ0) is 17.2. The summed E-state index contributed by atoms with van der Waals surface area (Å²) in [5.74, 6) is 1.65. The van der Waals surface area contributed by atoms with Crippen molar-refractivity contribution >= 4 is 5.95 Å². The Morgan fingerprint density at radius 3 is 2.60 bits per heavy atom. The minimum atomic E-state index is 0.364. The van der Waals surface area contributed by atoms with Gasteiger partial charge in [0.2, 0.25) is 5.95 Å².